The zero-order chi connectivity index (χ0) is 14.1. The predicted octanol–water partition coefficient (Wildman–Crippen LogP) is 0.923. The van der Waals surface area contributed by atoms with Crippen LogP contribution in [-0.4, -0.2) is 43.0 Å². The first-order valence-corrected chi connectivity index (χ1v) is 6.95. The minimum atomic E-state index is -0.0906. The molecule has 2 fully saturated rings. The molecule has 0 unspecified atom stereocenters. The van der Waals surface area contributed by atoms with Crippen molar-refractivity contribution in [3.05, 3.63) is 29.3 Å². The molecule has 2 aliphatic rings. The lowest BCUT2D eigenvalue weighted by molar-refractivity contribution is -0.132. The number of benzene rings is 1. The average molecular weight is 295 g/mol. The summed E-state index contributed by atoms with van der Waals surface area (Å²) in [5, 5.41) is 3.39. The van der Waals surface area contributed by atoms with Crippen LogP contribution in [0.5, 0.6) is 5.75 Å². The van der Waals surface area contributed by atoms with Crippen molar-refractivity contribution in [1.82, 2.24) is 10.2 Å². The SMILES string of the molecule is O=C1NC[C@H]2CN(C(=O)COc3cccc(Cl)c3)C[C@@H]12. The van der Waals surface area contributed by atoms with E-state index in [-0.39, 0.29) is 30.3 Å². The molecule has 0 bridgehead atoms. The molecule has 20 heavy (non-hydrogen) atoms. The van der Waals surface area contributed by atoms with Gasteiger partial charge in [-0.15, -0.1) is 0 Å². The van der Waals surface area contributed by atoms with Crippen LogP contribution in [-0.2, 0) is 9.59 Å². The Labute approximate surface area is 121 Å². The third kappa shape index (κ3) is 2.58. The van der Waals surface area contributed by atoms with Gasteiger partial charge >= 0.3 is 0 Å². The molecule has 0 spiro atoms. The second-order valence-electron chi connectivity index (χ2n) is 5.16. The zero-order valence-corrected chi connectivity index (χ0v) is 11.6. The van der Waals surface area contributed by atoms with E-state index in [0.717, 1.165) is 0 Å². The maximum Gasteiger partial charge on any atom is 0.260 e. The number of carbonyl (C=O) groups is 2. The highest BCUT2D eigenvalue weighted by molar-refractivity contribution is 6.30. The number of fused-ring (bicyclic) bond motifs is 1. The van der Waals surface area contributed by atoms with Gasteiger partial charge in [0, 0.05) is 30.6 Å². The summed E-state index contributed by atoms with van der Waals surface area (Å²) in [6, 6.07) is 6.94. The first-order valence-electron chi connectivity index (χ1n) is 6.57. The molecular weight excluding hydrogens is 280 g/mol. The number of amides is 2. The summed E-state index contributed by atoms with van der Waals surface area (Å²) >= 11 is 5.85. The molecule has 2 atom stereocenters. The molecule has 1 N–H and O–H groups in total. The molecule has 0 saturated carbocycles. The maximum absolute atomic E-state index is 12.1. The Morgan fingerprint density at radius 2 is 2.30 bits per heavy atom. The monoisotopic (exact) mass is 294 g/mol. The van der Waals surface area contributed by atoms with E-state index in [1.165, 1.54) is 0 Å². The first-order chi connectivity index (χ1) is 9.63. The van der Waals surface area contributed by atoms with Gasteiger partial charge in [0.2, 0.25) is 5.91 Å². The van der Waals surface area contributed by atoms with Crippen molar-refractivity contribution in [3.8, 4) is 5.75 Å². The Balaban J connectivity index is 1.54. The Morgan fingerprint density at radius 3 is 3.05 bits per heavy atom. The van der Waals surface area contributed by atoms with Crippen LogP contribution in [0.2, 0.25) is 5.02 Å². The molecule has 0 radical (unpaired) electrons. The van der Waals surface area contributed by atoms with Crippen molar-refractivity contribution < 1.29 is 14.3 Å². The molecular formula is C14H15ClN2O3. The van der Waals surface area contributed by atoms with Crippen molar-refractivity contribution >= 4 is 23.4 Å². The summed E-state index contributed by atoms with van der Waals surface area (Å²) in [7, 11) is 0. The lowest BCUT2D eigenvalue weighted by Crippen LogP contribution is -2.36. The molecule has 1 aromatic rings. The van der Waals surface area contributed by atoms with Crippen molar-refractivity contribution in [2.24, 2.45) is 11.8 Å². The lowest BCUT2D eigenvalue weighted by Gasteiger charge is -2.17. The van der Waals surface area contributed by atoms with Crippen LogP contribution >= 0.6 is 11.6 Å². The Kier molecular flexibility index (Phi) is 3.53. The number of rotatable bonds is 3. The van der Waals surface area contributed by atoms with Crippen LogP contribution in [0.25, 0.3) is 0 Å². The van der Waals surface area contributed by atoms with Gasteiger partial charge in [0.05, 0.1) is 5.92 Å². The molecule has 0 aromatic heterocycles. The smallest absolute Gasteiger partial charge is 0.260 e. The third-order valence-electron chi connectivity index (χ3n) is 3.83. The predicted molar refractivity (Wildman–Crippen MR) is 73.5 cm³/mol. The van der Waals surface area contributed by atoms with E-state index in [2.05, 4.69) is 5.32 Å². The zero-order valence-electron chi connectivity index (χ0n) is 10.8. The van der Waals surface area contributed by atoms with E-state index in [0.29, 0.717) is 30.4 Å². The number of nitrogens with zero attached hydrogens (tertiary/aromatic N) is 1. The van der Waals surface area contributed by atoms with Crippen LogP contribution in [0.3, 0.4) is 0 Å². The number of likely N-dealkylation sites (tertiary alicyclic amines) is 1. The second kappa shape index (κ2) is 5.32. The molecule has 106 valence electrons. The van der Waals surface area contributed by atoms with Gasteiger partial charge in [-0.1, -0.05) is 17.7 Å². The summed E-state index contributed by atoms with van der Waals surface area (Å²) in [5.74, 6) is 0.735. The molecule has 2 saturated heterocycles. The minimum Gasteiger partial charge on any atom is -0.484 e. The van der Waals surface area contributed by atoms with Gasteiger partial charge in [0.15, 0.2) is 6.61 Å². The van der Waals surface area contributed by atoms with E-state index in [1.807, 2.05) is 0 Å². The highest BCUT2D eigenvalue weighted by Gasteiger charge is 2.43. The molecule has 2 aliphatic heterocycles. The highest BCUT2D eigenvalue weighted by Crippen LogP contribution is 2.27. The quantitative estimate of drug-likeness (QED) is 0.902. The molecule has 3 rings (SSSR count). The molecule has 5 nitrogen and oxygen atoms in total. The van der Waals surface area contributed by atoms with Gasteiger partial charge in [0.1, 0.15) is 5.75 Å². The van der Waals surface area contributed by atoms with Gasteiger partial charge in [-0.2, -0.15) is 0 Å². The first kappa shape index (κ1) is 13.2. The Bertz CT molecular complexity index is 549. The van der Waals surface area contributed by atoms with E-state index >= 15 is 0 Å². The summed E-state index contributed by atoms with van der Waals surface area (Å²) in [5.41, 5.74) is 0. The van der Waals surface area contributed by atoms with Gasteiger partial charge in [0.25, 0.3) is 5.91 Å². The largest absolute Gasteiger partial charge is 0.484 e. The number of hydrogen-bond acceptors (Lipinski definition) is 3. The van der Waals surface area contributed by atoms with E-state index in [4.69, 9.17) is 16.3 Å². The van der Waals surface area contributed by atoms with Gasteiger partial charge in [-0.25, -0.2) is 0 Å². The second-order valence-corrected chi connectivity index (χ2v) is 5.59. The van der Waals surface area contributed by atoms with E-state index in [1.54, 1.807) is 29.2 Å². The summed E-state index contributed by atoms with van der Waals surface area (Å²) in [4.78, 5) is 25.3. The molecule has 1 aromatic carbocycles. The minimum absolute atomic E-state index is 0.0264. The van der Waals surface area contributed by atoms with Gasteiger partial charge in [-0.05, 0) is 18.2 Å². The lowest BCUT2D eigenvalue weighted by atomic mass is 10.0. The van der Waals surface area contributed by atoms with Crippen LogP contribution in [0.15, 0.2) is 24.3 Å². The summed E-state index contributed by atoms with van der Waals surface area (Å²) in [6.07, 6.45) is 0. The van der Waals surface area contributed by atoms with Crippen molar-refractivity contribution in [2.75, 3.05) is 26.2 Å². The molecule has 6 heteroatoms. The number of carbonyl (C=O) groups excluding carboxylic acids is 2. The fourth-order valence-electron chi connectivity index (χ4n) is 2.73. The highest BCUT2D eigenvalue weighted by atomic mass is 35.5. The Morgan fingerprint density at radius 1 is 1.45 bits per heavy atom. The fraction of sp³-hybridized carbons (Fsp3) is 0.429. The average Bonchev–Trinajstić information content (AvgIpc) is 2.99. The van der Waals surface area contributed by atoms with E-state index in [9.17, 15) is 9.59 Å². The third-order valence-corrected chi connectivity index (χ3v) is 4.06. The normalized spacial score (nSPS) is 24.4. The molecule has 2 heterocycles. The van der Waals surface area contributed by atoms with Gasteiger partial charge in [-0.3, -0.25) is 9.59 Å². The van der Waals surface area contributed by atoms with Crippen LogP contribution in [0, 0.1) is 11.8 Å². The summed E-state index contributed by atoms with van der Waals surface area (Å²) < 4.78 is 5.43. The van der Waals surface area contributed by atoms with Crippen molar-refractivity contribution in [3.63, 3.8) is 0 Å². The fourth-order valence-corrected chi connectivity index (χ4v) is 2.91. The maximum atomic E-state index is 12.1. The van der Waals surface area contributed by atoms with Crippen LogP contribution < -0.4 is 10.1 Å². The number of ether oxygens (including phenoxy) is 1. The summed E-state index contributed by atoms with van der Waals surface area (Å²) in [6.45, 7) is 1.76. The van der Waals surface area contributed by atoms with Crippen LogP contribution in [0.1, 0.15) is 0 Å². The topological polar surface area (TPSA) is 58.6 Å². The van der Waals surface area contributed by atoms with Crippen molar-refractivity contribution in [2.45, 2.75) is 0 Å². The van der Waals surface area contributed by atoms with Crippen molar-refractivity contribution in [1.29, 1.82) is 0 Å². The number of nitrogens with one attached hydrogen (secondary N) is 1. The van der Waals surface area contributed by atoms with Crippen LogP contribution in [0.4, 0.5) is 0 Å². The van der Waals surface area contributed by atoms with Gasteiger partial charge < -0.3 is 15.0 Å². The standard InChI is InChI=1S/C14H15ClN2O3/c15-10-2-1-3-11(4-10)20-8-13(18)17-6-9-5-16-14(19)12(9)7-17/h1-4,9,12H,5-8H2,(H,16,19)/t9-,12+/m0/s1. The number of hydrogen-bond donors (Lipinski definition) is 1. The molecule has 0 aliphatic carbocycles. The number of halogens is 1. The van der Waals surface area contributed by atoms with E-state index < -0.39 is 0 Å². The molecule has 2 amide bonds. The Hall–Kier alpha value is -1.75.